The van der Waals surface area contributed by atoms with E-state index in [1.807, 2.05) is 20.8 Å². The summed E-state index contributed by atoms with van der Waals surface area (Å²) in [4.78, 5) is 13.6. The second-order valence-electron chi connectivity index (χ2n) is 10.8. The molecule has 1 amide bonds. The number of rotatable bonds is 10. The van der Waals surface area contributed by atoms with E-state index in [4.69, 9.17) is 14.2 Å². The predicted molar refractivity (Wildman–Crippen MR) is 128 cm³/mol. The van der Waals surface area contributed by atoms with Crippen molar-refractivity contribution in [1.82, 2.24) is 10.2 Å². The van der Waals surface area contributed by atoms with Gasteiger partial charge >= 0.3 is 6.09 Å². The van der Waals surface area contributed by atoms with Gasteiger partial charge in [-0.25, -0.2) is 4.79 Å². The van der Waals surface area contributed by atoms with E-state index in [2.05, 4.69) is 33.0 Å². The molecule has 0 aromatic rings. The first-order chi connectivity index (χ1) is 14.6. The van der Waals surface area contributed by atoms with Crippen molar-refractivity contribution in [2.75, 3.05) is 39.4 Å². The number of carbonyl (C=O) groups excluding carboxylic acids is 1. The van der Waals surface area contributed by atoms with E-state index in [0.29, 0.717) is 12.6 Å². The van der Waals surface area contributed by atoms with E-state index in [1.54, 1.807) is 4.90 Å². The van der Waals surface area contributed by atoms with Crippen LogP contribution in [0.25, 0.3) is 0 Å². The normalized spacial score (nSPS) is 21.5. The molecule has 0 aromatic heterocycles. The molecule has 6 nitrogen and oxygen atoms in total. The monoisotopic (exact) mass is 442 g/mol. The Labute approximate surface area is 191 Å². The van der Waals surface area contributed by atoms with Crippen molar-refractivity contribution in [1.29, 1.82) is 0 Å². The van der Waals surface area contributed by atoms with Crippen molar-refractivity contribution in [3.8, 4) is 0 Å². The first kappa shape index (κ1) is 28.2. The highest BCUT2D eigenvalue weighted by molar-refractivity contribution is 5.68. The summed E-state index contributed by atoms with van der Waals surface area (Å²) in [5.41, 5.74) is -0.423. The fourth-order valence-corrected chi connectivity index (χ4v) is 3.61. The number of hydrogen-bond acceptors (Lipinski definition) is 5. The zero-order valence-electron chi connectivity index (χ0n) is 21.4. The molecule has 0 aliphatic carbocycles. The van der Waals surface area contributed by atoms with E-state index in [1.165, 1.54) is 25.7 Å². The van der Waals surface area contributed by atoms with Gasteiger partial charge in [-0.05, 0) is 77.7 Å². The minimum absolute atomic E-state index is 0.180. The largest absolute Gasteiger partial charge is 0.444 e. The molecular weight excluding hydrogens is 392 g/mol. The van der Waals surface area contributed by atoms with Crippen LogP contribution in [0.15, 0.2) is 0 Å². The fourth-order valence-electron chi connectivity index (χ4n) is 3.61. The minimum Gasteiger partial charge on any atom is -0.444 e. The Kier molecular flexibility index (Phi) is 13.7. The van der Waals surface area contributed by atoms with Gasteiger partial charge in [0.2, 0.25) is 0 Å². The van der Waals surface area contributed by atoms with Gasteiger partial charge in [-0.2, -0.15) is 0 Å². The minimum atomic E-state index is -0.423. The Morgan fingerprint density at radius 2 is 1.55 bits per heavy atom. The lowest BCUT2D eigenvalue weighted by molar-refractivity contribution is 0.0204. The lowest BCUT2D eigenvalue weighted by atomic mass is 10.1. The van der Waals surface area contributed by atoms with Crippen LogP contribution in [0.4, 0.5) is 4.79 Å². The maximum atomic E-state index is 11.9. The quantitative estimate of drug-likeness (QED) is 0.468. The average Bonchev–Trinajstić information content (AvgIpc) is 3.33. The maximum absolute atomic E-state index is 11.9. The number of carbonyl (C=O) groups is 1. The molecule has 2 aliphatic rings. The molecule has 2 saturated heterocycles. The molecule has 2 unspecified atom stereocenters. The van der Waals surface area contributed by atoms with Crippen LogP contribution in [0.3, 0.4) is 0 Å². The molecule has 0 aromatic carbocycles. The molecule has 0 bridgehead atoms. The van der Waals surface area contributed by atoms with E-state index in [-0.39, 0.29) is 12.2 Å². The van der Waals surface area contributed by atoms with Crippen LogP contribution in [0.2, 0.25) is 0 Å². The Morgan fingerprint density at radius 1 is 0.968 bits per heavy atom. The summed E-state index contributed by atoms with van der Waals surface area (Å²) in [6.07, 6.45) is 7.37. The third kappa shape index (κ3) is 14.8. The van der Waals surface area contributed by atoms with Gasteiger partial charge in [0.05, 0.1) is 18.8 Å². The van der Waals surface area contributed by atoms with Gasteiger partial charge in [0.25, 0.3) is 0 Å². The number of ether oxygens (including phenoxy) is 3. The predicted octanol–water partition coefficient (Wildman–Crippen LogP) is 5.25. The summed E-state index contributed by atoms with van der Waals surface area (Å²) in [5.74, 6) is 1.54. The summed E-state index contributed by atoms with van der Waals surface area (Å²) < 4.78 is 16.9. The summed E-state index contributed by atoms with van der Waals surface area (Å²) in [7, 11) is 0. The topological polar surface area (TPSA) is 60.0 Å². The lowest BCUT2D eigenvalue weighted by Crippen LogP contribution is -2.36. The highest BCUT2D eigenvalue weighted by Gasteiger charge is 2.30. The van der Waals surface area contributed by atoms with Crippen molar-refractivity contribution in [2.24, 2.45) is 11.8 Å². The van der Waals surface area contributed by atoms with Crippen LogP contribution in [0, 0.1) is 11.8 Å². The molecule has 2 fully saturated rings. The Hall–Kier alpha value is -0.850. The van der Waals surface area contributed by atoms with Crippen molar-refractivity contribution >= 4 is 6.09 Å². The highest BCUT2D eigenvalue weighted by Crippen LogP contribution is 2.17. The summed E-state index contributed by atoms with van der Waals surface area (Å²) in [5, 5.41) is 3.30. The van der Waals surface area contributed by atoms with Crippen LogP contribution in [0.1, 0.15) is 87.0 Å². The number of hydrogen-bond donors (Lipinski definition) is 1. The molecule has 6 heteroatoms. The van der Waals surface area contributed by atoms with E-state index >= 15 is 0 Å². The van der Waals surface area contributed by atoms with Gasteiger partial charge in [-0.15, -0.1) is 0 Å². The molecular formula is C25H50N2O4. The average molecular weight is 443 g/mol. The Morgan fingerprint density at radius 3 is 2.03 bits per heavy atom. The Balaban J connectivity index is 0.000000343. The number of nitrogens with one attached hydrogen (secondary N) is 1. The van der Waals surface area contributed by atoms with Gasteiger partial charge in [-0.3, -0.25) is 0 Å². The number of likely N-dealkylation sites (tertiary alicyclic amines) is 1. The van der Waals surface area contributed by atoms with Crippen LogP contribution in [-0.2, 0) is 14.2 Å². The number of amides is 1. The second kappa shape index (κ2) is 15.1. The molecule has 1 N–H and O–H groups in total. The van der Waals surface area contributed by atoms with Crippen LogP contribution in [0.5, 0.6) is 0 Å². The van der Waals surface area contributed by atoms with Gasteiger partial charge in [0.15, 0.2) is 0 Å². The first-order valence-electron chi connectivity index (χ1n) is 12.5. The second-order valence-corrected chi connectivity index (χ2v) is 10.8. The molecule has 2 rings (SSSR count). The zero-order valence-corrected chi connectivity index (χ0v) is 21.4. The lowest BCUT2D eigenvalue weighted by Gasteiger charge is -2.24. The molecule has 0 saturated carbocycles. The third-order valence-electron chi connectivity index (χ3n) is 5.37. The standard InChI is InChI=1S/C15H29NO3.C10H21NO/c1-12(2)7-6-10-18-13-8-9-16(11-13)14(17)19-15(3,4)5;1-9(2)4-3-7-12-10-5-6-11-8-10/h12-13H,6-11H2,1-5H3;9-11H,3-8H2,1-2H3. The molecule has 184 valence electrons. The van der Waals surface area contributed by atoms with Gasteiger partial charge in [0, 0.05) is 26.3 Å². The molecule has 2 aliphatic heterocycles. The van der Waals surface area contributed by atoms with Crippen LogP contribution < -0.4 is 5.32 Å². The highest BCUT2D eigenvalue weighted by atomic mass is 16.6. The summed E-state index contributed by atoms with van der Waals surface area (Å²) in [6.45, 7) is 20.0. The van der Waals surface area contributed by atoms with Crippen molar-refractivity contribution in [3.63, 3.8) is 0 Å². The summed E-state index contributed by atoms with van der Waals surface area (Å²) in [6, 6.07) is 0. The summed E-state index contributed by atoms with van der Waals surface area (Å²) >= 11 is 0. The zero-order chi connectivity index (χ0) is 23.3. The SMILES string of the molecule is CC(C)CCCOC1CCN(C(=O)OC(C)(C)C)C1.CC(C)CCCOC1CCNC1. The smallest absolute Gasteiger partial charge is 0.410 e. The third-order valence-corrected chi connectivity index (χ3v) is 5.37. The van der Waals surface area contributed by atoms with Gasteiger partial charge in [0.1, 0.15) is 5.60 Å². The van der Waals surface area contributed by atoms with E-state index < -0.39 is 5.60 Å². The van der Waals surface area contributed by atoms with E-state index in [9.17, 15) is 4.79 Å². The fraction of sp³-hybridized carbons (Fsp3) is 0.960. The molecule has 31 heavy (non-hydrogen) atoms. The van der Waals surface area contributed by atoms with Crippen LogP contribution >= 0.6 is 0 Å². The van der Waals surface area contributed by atoms with Crippen molar-refractivity contribution < 1.29 is 19.0 Å². The molecule has 0 radical (unpaired) electrons. The molecule has 0 spiro atoms. The first-order valence-corrected chi connectivity index (χ1v) is 12.5. The van der Waals surface area contributed by atoms with Crippen LogP contribution in [-0.4, -0.2) is 68.2 Å². The van der Waals surface area contributed by atoms with Crippen molar-refractivity contribution in [3.05, 3.63) is 0 Å². The maximum Gasteiger partial charge on any atom is 0.410 e. The van der Waals surface area contributed by atoms with Gasteiger partial charge in [-0.1, -0.05) is 27.7 Å². The molecule has 2 heterocycles. The Bertz CT molecular complexity index is 471. The number of nitrogens with zero attached hydrogens (tertiary/aromatic N) is 1. The van der Waals surface area contributed by atoms with Crippen molar-refractivity contribution in [2.45, 2.75) is 105 Å². The van der Waals surface area contributed by atoms with Gasteiger partial charge < -0.3 is 24.4 Å². The molecule has 2 atom stereocenters. The van der Waals surface area contributed by atoms with E-state index in [0.717, 1.165) is 57.5 Å².